The molecule has 5 heteroatoms. The molecular weight excluding hydrogens is 292 g/mol. The smallest absolute Gasteiger partial charge is 0.410 e. The fraction of sp³-hybridized carbons (Fsp3) is 0.611. The summed E-state index contributed by atoms with van der Waals surface area (Å²) in [6.07, 6.45) is 4.79. The van der Waals surface area contributed by atoms with Crippen molar-refractivity contribution in [2.75, 3.05) is 19.7 Å². The van der Waals surface area contributed by atoms with E-state index in [4.69, 9.17) is 9.47 Å². The van der Waals surface area contributed by atoms with Gasteiger partial charge >= 0.3 is 6.09 Å². The highest BCUT2D eigenvalue weighted by atomic mass is 16.6. The third kappa shape index (κ3) is 3.51. The molecule has 2 aliphatic heterocycles. The van der Waals surface area contributed by atoms with E-state index in [1.54, 1.807) is 0 Å². The molecule has 1 aliphatic carbocycles. The number of fused-ring (bicyclic) bond motifs is 2. The molecule has 1 aromatic rings. The van der Waals surface area contributed by atoms with Gasteiger partial charge in [0.1, 0.15) is 6.61 Å². The molecule has 1 aromatic carbocycles. The number of amides is 1. The van der Waals surface area contributed by atoms with Crippen molar-refractivity contribution in [2.24, 2.45) is 0 Å². The molecule has 5 nitrogen and oxygen atoms in total. The van der Waals surface area contributed by atoms with Crippen LogP contribution in [0.1, 0.15) is 31.2 Å². The number of likely N-dealkylation sites (tertiary alicyclic amines) is 1. The summed E-state index contributed by atoms with van der Waals surface area (Å²) in [5.41, 5.74) is 0.947. The number of rotatable bonds is 5. The number of hydrogen-bond donors (Lipinski definition) is 1. The van der Waals surface area contributed by atoms with Gasteiger partial charge in [-0.1, -0.05) is 30.3 Å². The van der Waals surface area contributed by atoms with Crippen LogP contribution in [-0.2, 0) is 16.1 Å². The van der Waals surface area contributed by atoms with Gasteiger partial charge in [-0.3, -0.25) is 0 Å². The Labute approximate surface area is 136 Å². The Balaban J connectivity index is 1.34. The predicted octanol–water partition coefficient (Wildman–Crippen LogP) is 2.31. The number of nitrogens with zero attached hydrogens (tertiary/aromatic N) is 1. The van der Waals surface area contributed by atoms with Crippen molar-refractivity contribution in [2.45, 2.75) is 50.0 Å². The number of piperazine rings is 1. The zero-order valence-corrected chi connectivity index (χ0v) is 13.4. The summed E-state index contributed by atoms with van der Waals surface area (Å²) in [5.74, 6) is 0. The van der Waals surface area contributed by atoms with Gasteiger partial charge in [-0.2, -0.15) is 0 Å². The Hall–Kier alpha value is -1.59. The van der Waals surface area contributed by atoms with E-state index in [1.165, 1.54) is 12.8 Å². The first kappa shape index (κ1) is 15.0. The molecule has 2 unspecified atom stereocenters. The van der Waals surface area contributed by atoms with E-state index >= 15 is 0 Å². The molecule has 2 heterocycles. The summed E-state index contributed by atoms with van der Waals surface area (Å²) in [4.78, 5) is 14.3. The largest absolute Gasteiger partial charge is 0.445 e. The molecule has 0 aromatic heterocycles. The summed E-state index contributed by atoms with van der Waals surface area (Å²) in [7, 11) is 0. The number of benzene rings is 1. The Morgan fingerprint density at radius 3 is 2.87 bits per heavy atom. The van der Waals surface area contributed by atoms with Crippen molar-refractivity contribution in [3.05, 3.63) is 35.9 Å². The summed E-state index contributed by atoms with van der Waals surface area (Å²) in [6, 6.07) is 10.2. The van der Waals surface area contributed by atoms with Crippen LogP contribution in [0.25, 0.3) is 0 Å². The van der Waals surface area contributed by atoms with Crippen LogP contribution in [0.2, 0.25) is 0 Å². The van der Waals surface area contributed by atoms with Crippen LogP contribution in [0, 0.1) is 0 Å². The van der Waals surface area contributed by atoms with Crippen molar-refractivity contribution in [1.82, 2.24) is 10.2 Å². The summed E-state index contributed by atoms with van der Waals surface area (Å²) in [5, 5.41) is 3.67. The SMILES string of the molecule is O=C(OCc1ccccc1)N1CC2CCC(COC3CC3)(C1)N2. The summed E-state index contributed by atoms with van der Waals surface area (Å²) in [6.45, 7) is 2.46. The summed E-state index contributed by atoms with van der Waals surface area (Å²) >= 11 is 0. The van der Waals surface area contributed by atoms with E-state index < -0.39 is 0 Å². The Morgan fingerprint density at radius 1 is 1.26 bits per heavy atom. The molecule has 0 spiro atoms. The lowest BCUT2D eigenvalue weighted by Crippen LogP contribution is -2.62. The molecule has 0 radical (unpaired) electrons. The molecule has 3 aliphatic rings. The molecule has 2 bridgehead atoms. The number of carbonyl (C=O) groups is 1. The first-order valence-electron chi connectivity index (χ1n) is 8.57. The molecule has 4 rings (SSSR count). The minimum absolute atomic E-state index is 0.0721. The Kier molecular flexibility index (Phi) is 3.99. The lowest BCUT2D eigenvalue weighted by molar-refractivity contribution is 0.0218. The maximum Gasteiger partial charge on any atom is 0.410 e. The zero-order chi connectivity index (χ0) is 15.7. The monoisotopic (exact) mass is 316 g/mol. The van der Waals surface area contributed by atoms with Gasteiger partial charge in [0.25, 0.3) is 0 Å². The standard InChI is InChI=1S/C18H24N2O3/c21-17(22-11-14-4-2-1-3-5-14)20-10-15-8-9-18(12-20,19-15)13-23-16-6-7-16/h1-5,15-16,19H,6-13H2. The van der Waals surface area contributed by atoms with Gasteiger partial charge in [0, 0.05) is 19.1 Å². The van der Waals surface area contributed by atoms with Gasteiger partial charge in [0.05, 0.1) is 18.2 Å². The van der Waals surface area contributed by atoms with Crippen LogP contribution in [0.5, 0.6) is 0 Å². The van der Waals surface area contributed by atoms with Crippen molar-refractivity contribution < 1.29 is 14.3 Å². The van der Waals surface area contributed by atoms with Gasteiger partial charge in [0.15, 0.2) is 0 Å². The van der Waals surface area contributed by atoms with Crippen LogP contribution in [0.3, 0.4) is 0 Å². The highest BCUT2D eigenvalue weighted by Gasteiger charge is 2.47. The molecule has 1 N–H and O–H groups in total. The first-order chi connectivity index (χ1) is 11.2. The topological polar surface area (TPSA) is 50.8 Å². The average Bonchev–Trinajstić information content (AvgIpc) is 3.37. The second-order valence-electron chi connectivity index (χ2n) is 7.09. The normalized spacial score (nSPS) is 29.6. The highest BCUT2D eigenvalue weighted by molar-refractivity contribution is 5.68. The third-order valence-corrected chi connectivity index (χ3v) is 5.00. The van der Waals surface area contributed by atoms with Crippen LogP contribution >= 0.6 is 0 Å². The maximum absolute atomic E-state index is 12.4. The van der Waals surface area contributed by atoms with Crippen LogP contribution < -0.4 is 5.32 Å². The Bertz CT molecular complexity index is 561. The zero-order valence-electron chi connectivity index (χ0n) is 13.4. The highest BCUT2D eigenvalue weighted by Crippen LogP contribution is 2.33. The van der Waals surface area contributed by atoms with E-state index in [9.17, 15) is 4.79 Å². The van der Waals surface area contributed by atoms with Crippen molar-refractivity contribution in [1.29, 1.82) is 0 Å². The summed E-state index contributed by atoms with van der Waals surface area (Å²) < 4.78 is 11.4. The van der Waals surface area contributed by atoms with Crippen LogP contribution in [0.15, 0.2) is 30.3 Å². The molecule has 2 atom stereocenters. The quantitative estimate of drug-likeness (QED) is 0.906. The van der Waals surface area contributed by atoms with Crippen LogP contribution in [-0.4, -0.2) is 48.4 Å². The van der Waals surface area contributed by atoms with Gasteiger partial charge in [-0.25, -0.2) is 4.79 Å². The van der Waals surface area contributed by atoms with Gasteiger partial charge in [0.2, 0.25) is 0 Å². The van der Waals surface area contributed by atoms with E-state index in [2.05, 4.69) is 5.32 Å². The molecule has 3 fully saturated rings. The van der Waals surface area contributed by atoms with Gasteiger partial charge in [-0.05, 0) is 31.2 Å². The van der Waals surface area contributed by atoms with Crippen molar-refractivity contribution in [3.8, 4) is 0 Å². The predicted molar refractivity (Wildman–Crippen MR) is 86.1 cm³/mol. The van der Waals surface area contributed by atoms with E-state index in [0.717, 1.165) is 24.9 Å². The minimum Gasteiger partial charge on any atom is -0.445 e. The second kappa shape index (κ2) is 6.13. The lowest BCUT2D eigenvalue weighted by atomic mass is 9.98. The van der Waals surface area contributed by atoms with Crippen LogP contribution in [0.4, 0.5) is 4.79 Å². The first-order valence-corrected chi connectivity index (χ1v) is 8.57. The maximum atomic E-state index is 12.4. The van der Waals surface area contributed by atoms with Crippen molar-refractivity contribution in [3.63, 3.8) is 0 Å². The fourth-order valence-corrected chi connectivity index (χ4v) is 3.61. The molecule has 1 amide bonds. The molecule has 23 heavy (non-hydrogen) atoms. The van der Waals surface area contributed by atoms with E-state index in [-0.39, 0.29) is 11.6 Å². The molecular formula is C18H24N2O3. The third-order valence-electron chi connectivity index (χ3n) is 5.00. The molecule has 124 valence electrons. The average molecular weight is 316 g/mol. The number of hydrogen-bond acceptors (Lipinski definition) is 4. The van der Waals surface area contributed by atoms with E-state index in [0.29, 0.717) is 31.9 Å². The minimum atomic E-state index is -0.210. The van der Waals surface area contributed by atoms with Gasteiger partial charge < -0.3 is 19.7 Å². The Morgan fingerprint density at radius 2 is 2.09 bits per heavy atom. The van der Waals surface area contributed by atoms with Gasteiger partial charge in [-0.15, -0.1) is 0 Å². The van der Waals surface area contributed by atoms with Crippen molar-refractivity contribution >= 4 is 6.09 Å². The van der Waals surface area contributed by atoms with E-state index in [1.807, 2.05) is 35.2 Å². The number of carbonyl (C=O) groups excluding carboxylic acids is 1. The second-order valence-corrected chi connectivity index (χ2v) is 7.09. The lowest BCUT2D eigenvalue weighted by Gasteiger charge is -2.40. The number of ether oxygens (including phenoxy) is 2. The fourth-order valence-electron chi connectivity index (χ4n) is 3.61. The molecule has 1 saturated carbocycles. The molecule has 2 saturated heterocycles. The number of nitrogens with one attached hydrogen (secondary N) is 1.